The summed E-state index contributed by atoms with van der Waals surface area (Å²) < 4.78 is 59.0. The van der Waals surface area contributed by atoms with Gasteiger partial charge in [-0.2, -0.15) is 13.2 Å². The summed E-state index contributed by atoms with van der Waals surface area (Å²) in [6, 6.07) is 7.67. The topological polar surface area (TPSA) is 88.4 Å². The summed E-state index contributed by atoms with van der Waals surface area (Å²) >= 11 is 6.21. The standard InChI is InChI=1S/C21H18ClF3N4O4/c1-3-32-16(30)10-15-18-27-28-20(21(23,24)25)29(18)14-7-6-11(22)9-13(14)17(33-15)12-5-4-8-26-19(12)31-2/h4-9,15,17H,3,10H2,1-2H3/t15-,17-/m1/s1. The average Bonchev–Trinajstić information content (AvgIpc) is 3.17. The summed E-state index contributed by atoms with van der Waals surface area (Å²) in [5.74, 6) is -1.90. The third-order valence-electron chi connectivity index (χ3n) is 4.98. The average molecular weight is 483 g/mol. The molecule has 1 aliphatic rings. The predicted molar refractivity (Wildman–Crippen MR) is 109 cm³/mol. The van der Waals surface area contributed by atoms with Crippen molar-refractivity contribution < 1.29 is 32.2 Å². The van der Waals surface area contributed by atoms with Crippen LogP contribution in [0.2, 0.25) is 5.02 Å². The largest absolute Gasteiger partial charge is 0.481 e. The minimum Gasteiger partial charge on any atom is -0.481 e. The smallest absolute Gasteiger partial charge is 0.452 e. The molecule has 0 radical (unpaired) electrons. The second-order valence-corrected chi connectivity index (χ2v) is 7.47. The van der Waals surface area contributed by atoms with Crippen LogP contribution in [0.1, 0.15) is 48.3 Å². The molecule has 174 valence electrons. The Balaban J connectivity index is 1.98. The molecule has 33 heavy (non-hydrogen) atoms. The summed E-state index contributed by atoms with van der Waals surface area (Å²) in [6.45, 7) is 1.72. The van der Waals surface area contributed by atoms with Gasteiger partial charge in [-0.3, -0.25) is 9.36 Å². The van der Waals surface area contributed by atoms with E-state index in [1.807, 2.05) is 0 Å². The van der Waals surface area contributed by atoms with Gasteiger partial charge in [0.25, 0.3) is 0 Å². The van der Waals surface area contributed by atoms with Gasteiger partial charge in [0.05, 0.1) is 25.8 Å². The third kappa shape index (κ3) is 4.38. The van der Waals surface area contributed by atoms with Crippen molar-refractivity contribution in [2.75, 3.05) is 13.7 Å². The molecule has 0 saturated carbocycles. The van der Waals surface area contributed by atoms with Crippen LogP contribution in [0.3, 0.4) is 0 Å². The Morgan fingerprint density at radius 3 is 2.73 bits per heavy atom. The van der Waals surface area contributed by atoms with E-state index in [2.05, 4.69) is 15.2 Å². The summed E-state index contributed by atoms with van der Waals surface area (Å²) in [7, 11) is 1.41. The van der Waals surface area contributed by atoms with Crippen LogP contribution >= 0.6 is 11.6 Å². The fourth-order valence-electron chi connectivity index (χ4n) is 3.69. The molecule has 0 unspecified atom stereocenters. The highest BCUT2D eigenvalue weighted by Crippen LogP contribution is 2.45. The number of nitrogens with zero attached hydrogens (tertiary/aromatic N) is 4. The van der Waals surface area contributed by atoms with E-state index in [4.69, 9.17) is 25.8 Å². The van der Waals surface area contributed by atoms with Gasteiger partial charge in [0.2, 0.25) is 11.7 Å². The molecule has 12 heteroatoms. The summed E-state index contributed by atoms with van der Waals surface area (Å²) in [4.78, 5) is 16.5. The van der Waals surface area contributed by atoms with Crippen LogP contribution in [0, 0.1) is 0 Å². The number of esters is 1. The van der Waals surface area contributed by atoms with Crippen LogP contribution in [0.5, 0.6) is 5.88 Å². The SMILES string of the molecule is CCOC(=O)C[C@H]1O[C@H](c2cccnc2OC)c2cc(Cl)ccc2-n2c1nnc2C(F)(F)F. The van der Waals surface area contributed by atoms with Crippen LogP contribution < -0.4 is 4.74 Å². The number of aromatic nitrogens is 4. The molecule has 2 aromatic heterocycles. The van der Waals surface area contributed by atoms with Crippen molar-refractivity contribution in [2.45, 2.75) is 31.7 Å². The minimum atomic E-state index is -4.82. The van der Waals surface area contributed by atoms with E-state index >= 15 is 0 Å². The molecular formula is C21H18ClF3N4O4. The van der Waals surface area contributed by atoms with Crippen LogP contribution in [-0.2, 0) is 20.4 Å². The fourth-order valence-corrected chi connectivity index (χ4v) is 3.87. The molecule has 3 heterocycles. The number of hydrogen-bond donors (Lipinski definition) is 0. The Kier molecular flexibility index (Phi) is 6.26. The summed E-state index contributed by atoms with van der Waals surface area (Å²) in [5, 5.41) is 7.38. The van der Waals surface area contributed by atoms with Gasteiger partial charge in [-0.25, -0.2) is 4.98 Å². The van der Waals surface area contributed by atoms with E-state index in [-0.39, 0.29) is 35.4 Å². The normalized spacial score (nSPS) is 17.6. The number of carbonyl (C=O) groups excluding carboxylic acids is 1. The first-order valence-electron chi connectivity index (χ1n) is 9.86. The Labute approximate surface area is 191 Å². The molecule has 0 amide bonds. The number of pyridine rings is 1. The van der Waals surface area contributed by atoms with E-state index in [1.54, 1.807) is 19.1 Å². The molecule has 0 saturated heterocycles. The van der Waals surface area contributed by atoms with Gasteiger partial charge in [-0.1, -0.05) is 11.6 Å². The van der Waals surface area contributed by atoms with Gasteiger partial charge in [0.1, 0.15) is 12.2 Å². The first kappa shape index (κ1) is 23.0. The highest BCUT2D eigenvalue weighted by atomic mass is 35.5. The number of ether oxygens (including phenoxy) is 3. The van der Waals surface area contributed by atoms with E-state index in [0.717, 1.165) is 4.57 Å². The molecular weight excluding hydrogens is 465 g/mol. The van der Waals surface area contributed by atoms with Gasteiger partial charge < -0.3 is 14.2 Å². The highest BCUT2D eigenvalue weighted by Gasteiger charge is 2.43. The second kappa shape index (κ2) is 8.99. The molecule has 3 aromatic rings. The van der Waals surface area contributed by atoms with Gasteiger partial charge in [-0.15, -0.1) is 10.2 Å². The molecule has 1 aromatic carbocycles. The van der Waals surface area contributed by atoms with E-state index in [1.165, 1.54) is 31.5 Å². The zero-order valence-electron chi connectivity index (χ0n) is 17.5. The van der Waals surface area contributed by atoms with Gasteiger partial charge in [0.15, 0.2) is 5.82 Å². The number of carbonyl (C=O) groups is 1. The van der Waals surface area contributed by atoms with Crippen molar-refractivity contribution in [3.05, 3.63) is 64.3 Å². The lowest BCUT2D eigenvalue weighted by Gasteiger charge is -2.23. The number of hydrogen-bond acceptors (Lipinski definition) is 7. The maximum atomic E-state index is 13.9. The van der Waals surface area contributed by atoms with Crippen molar-refractivity contribution in [1.82, 2.24) is 19.7 Å². The molecule has 2 atom stereocenters. The molecule has 0 fully saturated rings. The Bertz CT molecular complexity index is 1180. The Hall–Kier alpha value is -3.18. The van der Waals surface area contributed by atoms with Crippen molar-refractivity contribution in [3.8, 4) is 11.6 Å². The van der Waals surface area contributed by atoms with E-state index in [9.17, 15) is 18.0 Å². The molecule has 4 rings (SSSR count). The summed E-state index contributed by atoms with van der Waals surface area (Å²) in [5.41, 5.74) is 0.838. The van der Waals surface area contributed by atoms with Crippen LogP contribution in [0.25, 0.3) is 5.69 Å². The van der Waals surface area contributed by atoms with Crippen LogP contribution in [0.4, 0.5) is 13.2 Å². The number of benzene rings is 1. The predicted octanol–water partition coefficient (Wildman–Crippen LogP) is 4.46. The number of fused-ring (bicyclic) bond motifs is 3. The number of halogens is 4. The molecule has 0 spiro atoms. The molecule has 0 aliphatic carbocycles. The first-order chi connectivity index (χ1) is 15.7. The van der Waals surface area contributed by atoms with Crippen molar-refractivity contribution in [1.29, 1.82) is 0 Å². The maximum Gasteiger partial charge on any atom is 0.452 e. The molecule has 0 N–H and O–H groups in total. The quantitative estimate of drug-likeness (QED) is 0.496. The monoisotopic (exact) mass is 482 g/mol. The molecule has 1 aliphatic heterocycles. The first-order valence-corrected chi connectivity index (χ1v) is 10.2. The zero-order valence-corrected chi connectivity index (χ0v) is 18.2. The Morgan fingerprint density at radius 1 is 1.24 bits per heavy atom. The molecule has 0 bridgehead atoms. The number of methoxy groups -OCH3 is 1. The van der Waals surface area contributed by atoms with Crippen molar-refractivity contribution in [3.63, 3.8) is 0 Å². The lowest BCUT2D eigenvalue weighted by molar-refractivity contribution is -0.147. The number of rotatable bonds is 5. The molecule has 8 nitrogen and oxygen atoms in total. The zero-order chi connectivity index (χ0) is 23.8. The third-order valence-corrected chi connectivity index (χ3v) is 5.21. The van der Waals surface area contributed by atoms with Crippen molar-refractivity contribution >= 4 is 17.6 Å². The minimum absolute atomic E-state index is 0.0989. The maximum absolute atomic E-state index is 13.9. The highest BCUT2D eigenvalue weighted by molar-refractivity contribution is 6.30. The van der Waals surface area contributed by atoms with E-state index < -0.39 is 30.2 Å². The summed E-state index contributed by atoms with van der Waals surface area (Å²) in [6.07, 6.45) is -5.89. The van der Waals surface area contributed by atoms with E-state index in [0.29, 0.717) is 11.1 Å². The van der Waals surface area contributed by atoms with Crippen LogP contribution in [0.15, 0.2) is 36.5 Å². The van der Waals surface area contributed by atoms with Gasteiger partial charge >= 0.3 is 12.1 Å². The number of alkyl halides is 3. The van der Waals surface area contributed by atoms with Gasteiger partial charge in [-0.05, 0) is 37.3 Å². The lowest BCUT2D eigenvalue weighted by atomic mass is 10.00. The van der Waals surface area contributed by atoms with Crippen molar-refractivity contribution in [2.24, 2.45) is 0 Å². The fraction of sp³-hybridized carbons (Fsp3) is 0.333. The van der Waals surface area contributed by atoms with Crippen LogP contribution in [-0.4, -0.2) is 39.4 Å². The Morgan fingerprint density at radius 2 is 2.03 bits per heavy atom. The lowest BCUT2D eigenvalue weighted by Crippen LogP contribution is -2.18. The second-order valence-electron chi connectivity index (χ2n) is 7.03. The van der Waals surface area contributed by atoms with Gasteiger partial charge in [0, 0.05) is 22.3 Å².